The molecule has 3 heterocycles. The van der Waals surface area contributed by atoms with Crippen molar-refractivity contribution in [3.63, 3.8) is 0 Å². The summed E-state index contributed by atoms with van der Waals surface area (Å²) in [6.07, 6.45) is 9.69. The number of anilines is 1. The van der Waals surface area contributed by atoms with Crippen LogP contribution in [-0.2, 0) is 11.8 Å². The van der Waals surface area contributed by atoms with Crippen molar-refractivity contribution in [1.82, 2.24) is 19.7 Å². The summed E-state index contributed by atoms with van der Waals surface area (Å²) in [5.74, 6) is 0.494. The predicted octanol–water partition coefficient (Wildman–Crippen LogP) is 4.86. The van der Waals surface area contributed by atoms with Gasteiger partial charge in [-0.2, -0.15) is 5.10 Å². The first-order valence-corrected chi connectivity index (χ1v) is 10.8. The average Bonchev–Trinajstić information content (AvgIpc) is 3.37. The van der Waals surface area contributed by atoms with Gasteiger partial charge >= 0.3 is 0 Å². The van der Waals surface area contributed by atoms with Crippen LogP contribution >= 0.6 is 0 Å². The molecule has 1 fully saturated rings. The summed E-state index contributed by atoms with van der Waals surface area (Å²) in [5.41, 5.74) is 3.27. The summed E-state index contributed by atoms with van der Waals surface area (Å²) in [5, 5.41) is 8.70. The lowest BCUT2D eigenvalue weighted by molar-refractivity contribution is -0.117. The molecule has 4 aromatic rings. The van der Waals surface area contributed by atoms with Crippen LogP contribution in [0.3, 0.4) is 0 Å². The van der Waals surface area contributed by atoms with Gasteiger partial charge in [-0.3, -0.25) is 14.5 Å². The van der Waals surface area contributed by atoms with Crippen LogP contribution in [0.25, 0.3) is 21.9 Å². The van der Waals surface area contributed by atoms with Crippen molar-refractivity contribution in [3.05, 3.63) is 72.2 Å². The second kappa shape index (κ2) is 7.82. The van der Waals surface area contributed by atoms with Gasteiger partial charge in [0.25, 0.3) is 0 Å². The van der Waals surface area contributed by atoms with Gasteiger partial charge in [0.2, 0.25) is 5.91 Å². The van der Waals surface area contributed by atoms with Crippen LogP contribution in [0.5, 0.6) is 0 Å². The number of halogens is 1. The van der Waals surface area contributed by atoms with Gasteiger partial charge in [-0.25, -0.2) is 9.37 Å². The highest BCUT2D eigenvalue weighted by Crippen LogP contribution is 2.56. The predicted molar refractivity (Wildman–Crippen MR) is 122 cm³/mol. The summed E-state index contributed by atoms with van der Waals surface area (Å²) >= 11 is 0. The Labute approximate surface area is 185 Å². The molecule has 1 aliphatic carbocycles. The molecule has 0 spiro atoms. The van der Waals surface area contributed by atoms with Crippen molar-refractivity contribution in [3.8, 4) is 11.1 Å². The monoisotopic (exact) mass is 429 g/mol. The van der Waals surface area contributed by atoms with Crippen LogP contribution in [0.1, 0.15) is 30.4 Å². The Bertz CT molecular complexity index is 1330. The lowest BCUT2D eigenvalue weighted by atomic mass is 9.99. The second-order valence-electron chi connectivity index (χ2n) is 8.50. The Morgan fingerprint density at radius 3 is 2.72 bits per heavy atom. The first kappa shape index (κ1) is 20.3. The topological polar surface area (TPSA) is 72.7 Å². The minimum Gasteiger partial charge on any atom is -0.310 e. The minimum atomic E-state index is -0.324. The van der Waals surface area contributed by atoms with Crippen LogP contribution in [0, 0.1) is 24.6 Å². The van der Waals surface area contributed by atoms with Gasteiger partial charge in [0.15, 0.2) is 0 Å². The zero-order valence-corrected chi connectivity index (χ0v) is 18.2. The third-order valence-electron chi connectivity index (χ3n) is 6.44. The Kier molecular flexibility index (Phi) is 4.96. The molecule has 0 bridgehead atoms. The number of hydrogen-bond acceptors (Lipinski definition) is 4. The number of carbonyl (C=O) groups excluding carboxylic acids is 1. The van der Waals surface area contributed by atoms with Crippen LogP contribution in [0.15, 0.2) is 55.2 Å². The zero-order chi connectivity index (χ0) is 22.4. The highest BCUT2D eigenvalue weighted by atomic mass is 19.1. The van der Waals surface area contributed by atoms with Crippen molar-refractivity contribution < 1.29 is 9.18 Å². The van der Waals surface area contributed by atoms with Gasteiger partial charge in [-0.15, -0.1) is 0 Å². The average molecular weight is 429 g/mol. The maximum Gasteiger partial charge on any atom is 0.229 e. The Morgan fingerprint density at radius 1 is 1.16 bits per heavy atom. The second-order valence-corrected chi connectivity index (χ2v) is 8.50. The zero-order valence-electron chi connectivity index (χ0n) is 18.2. The summed E-state index contributed by atoms with van der Waals surface area (Å²) in [4.78, 5) is 21.5. The number of carbonyl (C=O) groups is 1. The molecular weight excluding hydrogens is 405 g/mol. The fourth-order valence-corrected chi connectivity index (χ4v) is 4.70. The first-order valence-electron chi connectivity index (χ1n) is 10.8. The van der Waals surface area contributed by atoms with Gasteiger partial charge in [0.1, 0.15) is 11.6 Å². The smallest absolute Gasteiger partial charge is 0.229 e. The van der Waals surface area contributed by atoms with Crippen LogP contribution in [0.2, 0.25) is 0 Å². The SMILES string of the molecule is CCC1C(C(=O)Nc2cc3cc(-c4cnccc4C)c(F)cc3cn2)C1c1cnn(C)c1. The highest BCUT2D eigenvalue weighted by Gasteiger charge is 2.54. The minimum absolute atomic E-state index is 0.0389. The molecule has 1 aliphatic rings. The van der Waals surface area contributed by atoms with Gasteiger partial charge in [0.05, 0.1) is 6.20 Å². The molecule has 162 valence electrons. The largest absolute Gasteiger partial charge is 0.310 e. The molecule has 0 radical (unpaired) electrons. The maximum absolute atomic E-state index is 14.8. The summed E-state index contributed by atoms with van der Waals surface area (Å²) in [7, 11) is 1.88. The van der Waals surface area contributed by atoms with E-state index in [1.165, 1.54) is 6.07 Å². The number of benzene rings is 1. The van der Waals surface area contributed by atoms with Crippen molar-refractivity contribution in [2.24, 2.45) is 18.9 Å². The van der Waals surface area contributed by atoms with Crippen LogP contribution in [0.4, 0.5) is 10.2 Å². The number of fused-ring (bicyclic) bond motifs is 1. The van der Waals surface area contributed by atoms with E-state index in [1.807, 2.05) is 32.4 Å². The van der Waals surface area contributed by atoms with Crippen LogP contribution in [-0.4, -0.2) is 25.7 Å². The normalized spacial score (nSPS) is 19.8. The number of rotatable bonds is 5. The van der Waals surface area contributed by atoms with Crippen molar-refractivity contribution in [2.45, 2.75) is 26.2 Å². The standard InChI is InChI=1S/C25H24FN5O/c1-4-18-23(17-11-29-31(3)13-17)24(18)25(32)30-22-9-15-7-19(20-12-27-6-5-14(20)2)21(26)8-16(15)10-28-22/h5-13,18,23-24H,4H2,1-3H3,(H,28,30,32). The van der Waals surface area contributed by atoms with Gasteiger partial charge in [-0.1, -0.05) is 13.3 Å². The fraction of sp³-hybridized carbons (Fsp3) is 0.280. The van der Waals surface area contributed by atoms with Gasteiger partial charge in [-0.05, 0) is 53.6 Å². The number of aromatic nitrogens is 4. The molecule has 1 aromatic carbocycles. The molecule has 1 saturated carbocycles. The molecule has 6 nitrogen and oxygen atoms in total. The highest BCUT2D eigenvalue weighted by molar-refractivity contribution is 5.97. The number of hydrogen-bond donors (Lipinski definition) is 1. The quantitative estimate of drug-likeness (QED) is 0.492. The van der Waals surface area contributed by atoms with E-state index in [0.29, 0.717) is 22.7 Å². The van der Waals surface area contributed by atoms with Gasteiger partial charge < -0.3 is 5.32 Å². The third-order valence-corrected chi connectivity index (χ3v) is 6.44. The van der Waals surface area contributed by atoms with E-state index in [-0.39, 0.29) is 23.6 Å². The molecule has 0 saturated heterocycles. The summed E-state index contributed by atoms with van der Waals surface area (Å²) in [6.45, 7) is 4.03. The lowest BCUT2D eigenvalue weighted by Crippen LogP contribution is -2.16. The molecule has 3 unspecified atom stereocenters. The van der Waals surface area contributed by atoms with E-state index in [0.717, 1.165) is 28.5 Å². The van der Waals surface area contributed by atoms with E-state index in [2.05, 4.69) is 27.3 Å². The van der Waals surface area contributed by atoms with Crippen molar-refractivity contribution in [2.75, 3.05) is 5.32 Å². The summed E-state index contributed by atoms with van der Waals surface area (Å²) < 4.78 is 16.5. The van der Waals surface area contributed by atoms with E-state index >= 15 is 0 Å². The Morgan fingerprint density at radius 2 is 2.00 bits per heavy atom. The molecular formula is C25H24FN5O. The Balaban J connectivity index is 1.42. The van der Waals surface area contributed by atoms with E-state index in [4.69, 9.17) is 0 Å². The molecule has 1 N–H and O–H groups in total. The molecule has 32 heavy (non-hydrogen) atoms. The molecule has 1 amide bonds. The summed E-state index contributed by atoms with van der Waals surface area (Å²) in [6, 6.07) is 6.92. The third kappa shape index (κ3) is 3.53. The number of amides is 1. The number of pyridine rings is 2. The molecule has 0 aliphatic heterocycles. The van der Waals surface area contributed by atoms with Gasteiger partial charge in [0, 0.05) is 60.2 Å². The van der Waals surface area contributed by atoms with Crippen molar-refractivity contribution in [1.29, 1.82) is 0 Å². The Hall–Kier alpha value is -3.61. The molecule has 7 heteroatoms. The fourth-order valence-electron chi connectivity index (χ4n) is 4.70. The molecule has 5 rings (SSSR count). The number of aryl methyl sites for hydroxylation is 2. The maximum atomic E-state index is 14.8. The van der Waals surface area contributed by atoms with E-state index < -0.39 is 0 Å². The molecule has 3 aromatic heterocycles. The van der Waals surface area contributed by atoms with Crippen LogP contribution < -0.4 is 5.32 Å². The first-order chi connectivity index (χ1) is 15.5. The number of nitrogens with one attached hydrogen (secondary N) is 1. The number of nitrogens with zero attached hydrogens (tertiary/aromatic N) is 4. The van der Waals surface area contributed by atoms with E-state index in [1.54, 1.807) is 35.4 Å². The molecule has 3 atom stereocenters. The lowest BCUT2D eigenvalue weighted by Gasteiger charge is -2.10. The van der Waals surface area contributed by atoms with E-state index in [9.17, 15) is 9.18 Å². The van der Waals surface area contributed by atoms with Crippen molar-refractivity contribution >= 4 is 22.5 Å².